The summed E-state index contributed by atoms with van der Waals surface area (Å²) < 4.78 is 32.6. The second kappa shape index (κ2) is 16.5. The summed E-state index contributed by atoms with van der Waals surface area (Å²) in [5, 5.41) is 2.14. The van der Waals surface area contributed by atoms with Crippen molar-refractivity contribution in [3.05, 3.63) is 139 Å². The van der Waals surface area contributed by atoms with Gasteiger partial charge in [-0.15, -0.1) is 18.2 Å². The molecule has 5 heteroatoms. The number of pyridine rings is 2. The first-order valence-corrected chi connectivity index (χ1v) is 17.2. The number of rotatable bonds is 8. The molecule has 0 aliphatic rings. The minimum atomic E-state index is -1.35. The molecule has 0 saturated carbocycles. The first-order chi connectivity index (χ1) is 24.1. The van der Waals surface area contributed by atoms with Crippen molar-refractivity contribution in [2.24, 2.45) is 5.92 Å². The van der Waals surface area contributed by atoms with Crippen molar-refractivity contribution >= 4 is 42.8 Å². The van der Waals surface area contributed by atoms with Crippen LogP contribution in [0.4, 0.5) is 0 Å². The Labute approximate surface area is 311 Å². The molecule has 7 rings (SSSR count). The molecule has 48 heavy (non-hydrogen) atoms. The van der Waals surface area contributed by atoms with Crippen LogP contribution in [0, 0.1) is 18.1 Å². The smallest absolute Gasteiger partial charge is 0 e. The first-order valence-electron chi connectivity index (χ1n) is 17.6. The summed E-state index contributed by atoms with van der Waals surface area (Å²) in [5.41, 5.74) is 8.92. The molecule has 0 unspecified atom stereocenters. The molecule has 3 aromatic heterocycles. The molecule has 0 saturated heterocycles. The molecular weight excluding hydrogens is 825 g/mol. The third kappa shape index (κ3) is 8.06. The van der Waals surface area contributed by atoms with Gasteiger partial charge in [-0.1, -0.05) is 78.9 Å². The van der Waals surface area contributed by atoms with Crippen molar-refractivity contribution in [2.45, 2.75) is 52.8 Å². The van der Waals surface area contributed by atoms with Crippen LogP contribution in [0.15, 0.2) is 120 Å². The molecule has 3 nitrogen and oxygen atoms in total. The van der Waals surface area contributed by atoms with Crippen LogP contribution in [0.3, 0.4) is 0 Å². The minimum absolute atomic E-state index is 0. The molecule has 0 atom stereocenters. The molecule has 0 bridgehead atoms. The quantitative estimate of drug-likeness (QED) is 0.113. The topological polar surface area (TPSA) is 38.9 Å². The van der Waals surface area contributed by atoms with Crippen molar-refractivity contribution in [3.8, 4) is 33.6 Å². The molecule has 4 radical (unpaired) electrons. The van der Waals surface area contributed by atoms with E-state index in [-0.39, 0.29) is 26.0 Å². The van der Waals surface area contributed by atoms with Crippen molar-refractivity contribution in [1.29, 1.82) is 0 Å². The summed E-state index contributed by atoms with van der Waals surface area (Å²) in [4.78, 5) is 8.99. The zero-order valence-corrected chi connectivity index (χ0v) is 32.1. The predicted octanol–water partition coefficient (Wildman–Crippen LogP) is 10.6. The third-order valence-corrected chi connectivity index (χ3v) is 8.99. The number of nitrogens with zero attached hydrogens (tertiary/aromatic N) is 2. The van der Waals surface area contributed by atoms with Gasteiger partial charge in [0.05, 0.1) is 5.58 Å². The SMILES string of the molecule is [2H]C(CC)(CC)c1ccnc(-c2[c-]ccc3c2oc2cc(-c4ccccc4)ccc23)c1.[2H]C([2H])(c1cc(-c2[c-]cccc2)nc[c]1[Ge])C(C)C.[Ir]. The second-order valence-electron chi connectivity index (χ2n) is 11.7. The van der Waals surface area contributed by atoms with E-state index in [1.54, 1.807) is 12.4 Å². The third-order valence-electron chi connectivity index (χ3n) is 8.15. The Morgan fingerprint density at radius 3 is 2.33 bits per heavy atom. The number of hydrogen-bond acceptors (Lipinski definition) is 3. The molecule has 0 amide bonds. The zero-order valence-electron chi connectivity index (χ0n) is 30.6. The van der Waals surface area contributed by atoms with Crippen molar-refractivity contribution in [1.82, 2.24) is 9.97 Å². The summed E-state index contributed by atoms with van der Waals surface area (Å²) in [6.45, 7) is 7.92. The van der Waals surface area contributed by atoms with E-state index in [1.165, 1.54) is 0 Å². The Kier molecular flexibility index (Phi) is 10.8. The number of aromatic nitrogens is 2. The van der Waals surface area contributed by atoms with E-state index >= 15 is 0 Å². The Bertz CT molecular complexity index is 2240. The van der Waals surface area contributed by atoms with Crippen LogP contribution in [-0.2, 0) is 26.5 Å². The standard InChI is InChI=1S/C28H24NO.C15H15GeN.Ir/c1-3-19(4-2)22-15-16-29-26(17-22)25-12-8-11-24-23-14-13-21(18-27(23)30-28(24)25)20-9-6-5-7-10-20;1-11(2)8-13-9-15(17-10-14(13)16)12-6-4-3-5-7-12;/h5-11,13-19H,3-4H2,1-2H3;3-6,9-11H,8H2,1-2H3;/q2*-1;/i19D;8D2;. The maximum absolute atomic E-state index is 8.81. The first kappa shape index (κ1) is 31.4. The van der Waals surface area contributed by atoms with E-state index in [4.69, 9.17) is 8.53 Å². The van der Waals surface area contributed by atoms with Gasteiger partial charge in [-0.3, -0.25) is 0 Å². The average molecular weight is 868 g/mol. The van der Waals surface area contributed by atoms with Gasteiger partial charge in [0.25, 0.3) is 0 Å². The average Bonchev–Trinajstić information content (AvgIpc) is 3.54. The minimum Gasteiger partial charge on any atom is 0 e. The summed E-state index contributed by atoms with van der Waals surface area (Å²) in [6.07, 6.45) is 3.70. The van der Waals surface area contributed by atoms with Gasteiger partial charge in [0.15, 0.2) is 0 Å². The summed E-state index contributed by atoms with van der Waals surface area (Å²) in [5.74, 6) is -0.689. The molecule has 0 fully saturated rings. The maximum Gasteiger partial charge on any atom is 0 e. The molecule has 0 aliphatic carbocycles. The van der Waals surface area contributed by atoms with E-state index in [2.05, 4.69) is 66.3 Å². The number of furan rings is 1. The number of hydrogen-bond donors (Lipinski definition) is 0. The Balaban J connectivity index is 0.000000218. The molecular formula is C43H39GeIrN2O-2. The van der Waals surface area contributed by atoms with Crippen LogP contribution in [0.5, 0.6) is 0 Å². The monoisotopic (exact) mass is 869 g/mol. The zero-order chi connectivity index (χ0) is 35.5. The molecule has 0 N–H and O–H groups in total. The van der Waals surface area contributed by atoms with Gasteiger partial charge >= 0.3 is 114 Å². The van der Waals surface area contributed by atoms with Gasteiger partial charge in [-0.25, -0.2) is 0 Å². The maximum atomic E-state index is 8.81. The van der Waals surface area contributed by atoms with Gasteiger partial charge in [0, 0.05) is 33.1 Å². The van der Waals surface area contributed by atoms with Gasteiger partial charge in [0.2, 0.25) is 0 Å². The van der Waals surface area contributed by atoms with E-state index in [9.17, 15) is 0 Å². The van der Waals surface area contributed by atoms with Gasteiger partial charge in [0.1, 0.15) is 5.58 Å². The molecule has 242 valence electrons. The molecule has 0 spiro atoms. The van der Waals surface area contributed by atoms with Crippen LogP contribution >= 0.6 is 0 Å². The molecule has 7 aromatic rings. The van der Waals surface area contributed by atoms with E-state index in [1.807, 2.05) is 103 Å². The van der Waals surface area contributed by atoms with Crippen LogP contribution in [0.1, 0.15) is 61.7 Å². The van der Waals surface area contributed by atoms with E-state index in [0.717, 1.165) is 78.4 Å². The summed E-state index contributed by atoms with van der Waals surface area (Å²) >= 11 is 1.90. The fraction of sp³-hybridized carbons (Fsp3) is 0.209. The van der Waals surface area contributed by atoms with Crippen LogP contribution in [-0.4, -0.2) is 26.5 Å². The Hall–Kier alpha value is -3.83. The summed E-state index contributed by atoms with van der Waals surface area (Å²) in [7, 11) is 0. The van der Waals surface area contributed by atoms with Crippen molar-refractivity contribution in [3.63, 3.8) is 0 Å². The van der Waals surface area contributed by atoms with Gasteiger partial charge < -0.3 is 9.40 Å². The van der Waals surface area contributed by atoms with Crippen LogP contribution < -0.4 is 4.40 Å². The Morgan fingerprint density at radius 1 is 0.812 bits per heavy atom. The molecule has 4 aromatic carbocycles. The van der Waals surface area contributed by atoms with Gasteiger partial charge in [-0.2, -0.15) is 0 Å². The van der Waals surface area contributed by atoms with Crippen LogP contribution in [0.2, 0.25) is 0 Å². The van der Waals surface area contributed by atoms with Crippen molar-refractivity contribution in [2.75, 3.05) is 0 Å². The van der Waals surface area contributed by atoms with Gasteiger partial charge in [-0.05, 0) is 47.7 Å². The molecule has 0 aliphatic heterocycles. The molecule has 3 heterocycles. The van der Waals surface area contributed by atoms with E-state index in [0.29, 0.717) is 5.56 Å². The van der Waals surface area contributed by atoms with Crippen molar-refractivity contribution < 1.29 is 28.6 Å². The van der Waals surface area contributed by atoms with Crippen LogP contribution in [0.25, 0.3) is 55.6 Å². The normalized spacial score (nSPS) is 12.5. The second-order valence-corrected chi connectivity index (χ2v) is 12.8. The predicted molar refractivity (Wildman–Crippen MR) is 197 cm³/mol. The number of benzene rings is 4. The fourth-order valence-electron chi connectivity index (χ4n) is 5.77. The fourth-order valence-corrected chi connectivity index (χ4v) is 6.21. The largest absolute Gasteiger partial charge is 0 e. The Morgan fingerprint density at radius 2 is 1.60 bits per heavy atom. The number of fused-ring (bicyclic) bond motifs is 3. The summed E-state index contributed by atoms with van der Waals surface area (Å²) in [6, 6.07) is 40.6. The van der Waals surface area contributed by atoms with E-state index < -0.39 is 12.3 Å².